The fourth-order valence-electron chi connectivity index (χ4n) is 2.15. The summed E-state index contributed by atoms with van der Waals surface area (Å²) in [5.74, 6) is 1.10. The molecule has 0 unspecified atom stereocenters. The van der Waals surface area contributed by atoms with Crippen molar-refractivity contribution in [2.45, 2.75) is 66.4 Å². The van der Waals surface area contributed by atoms with Gasteiger partial charge in [-0.15, -0.1) is 0 Å². The number of nitrogens with one attached hydrogen (secondary N) is 1. The molecular formula is C24H37NO4S. The molecule has 0 aliphatic rings. The van der Waals surface area contributed by atoms with E-state index in [-0.39, 0.29) is 5.78 Å². The minimum Gasteiger partial charge on any atom is -0.496 e. The molecule has 1 rings (SSSR count). The maximum absolute atomic E-state index is 11.2. The number of hydrogen-bond donors (Lipinski definition) is 1. The zero-order valence-corrected chi connectivity index (χ0v) is 20.3. The first kappa shape index (κ1) is 27.8. The summed E-state index contributed by atoms with van der Waals surface area (Å²) in [4.78, 5) is 24.4. The lowest BCUT2D eigenvalue weighted by Crippen LogP contribution is -2.33. The van der Waals surface area contributed by atoms with Crippen molar-refractivity contribution in [3.8, 4) is 5.75 Å². The monoisotopic (exact) mass is 435 g/mol. The lowest BCUT2D eigenvalue weighted by Gasteiger charge is -2.19. The summed E-state index contributed by atoms with van der Waals surface area (Å²) in [5.41, 5.74) is 0.592. The van der Waals surface area contributed by atoms with Crippen molar-refractivity contribution in [2.24, 2.45) is 0 Å². The highest BCUT2D eigenvalue weighted by Gasteiger charge is 2.15. The summed E-state index contributed by atoms with van der Waals surface area (Å²) in [6.45, 7) is 15.9. The van der Waals surface area contributed by atoms with E-state index in [4.69, 9.17) is 9.47 Å². The maximum atomic E-state index is 11.2. The van der Waals surface area contributed by atoms with E-state index in [1.807, 2.05) is 58.9 Å². The summed E-state index contributed by atoms with van der Waals surface area (Å²) in [7, 11) is 1.68. The molecule has 0 aliphatic heterocycles. The summed E-state index contributed by atoms with van der Waals surface area (Å²) < 4.78 is 10.3. The highest BCUT2D eigenvalue weighted by Crippen LogP contribution is 2.36. The molecule has 0 fully saturated rings. The van der Waals surface area contributed by atoms with Gasteiger partial charge in [0.1, 0.15) is 17.1 Å². The van der Waals surface area contributed by atoms with Crippen molar-refractivity contribution < 1.29 is 19.1 Å². The highest BCUT2D eigenvalue weighted by molar-refractivity contribution is 8.11. The lowest BCUT2D eigenvalue weighted by atomic mass is 10.2. The molecule has 0 saturated heterocycles. The van der Waals surface area contributed by atoms with Crippen LogP contribution < -0.4 is 10.1 Å². The molecule has 5 nitrogen and oxygen atoms in total. The first-order chi connectivity index (χ1) is 14.0. The molecular weight excluding hydrogens is 398 g/mol. The Bertz CT molecular complexity index is 720. The zero-order valence-electron chi connectivity index (χ0n) is 19.5. The number of ether oxygens (including phenoxy) is 2. The zero-order chi connectivity index (χ0) is 23.2. The van der Waals surface area contributed by atoms with Crippen LogP contribution in [0.4, 0.5) is 4.79 Å². The summed E-state index contributed by atoms with van der Waals surface area (Å²) in [6.07, 6.45) is 3.40. The van der Waals surface area contributed by atoms with Crippen LogP contribution in [0.15, 0.2) is 41.8 Å². The van der Waals surface area contributed by atoms with Crippen LogP contribution in [-0.2, 0) is 9.53 Å². The van der Waals surface area contributed by atoms with Crippen molar-refractivity contribution in [3.05, 3.63) is 47.4 Å². The molecule has 6 heteroatoms. The predicted octanol–water partition coefficient (Wildman–Crippen LogP) is 6.59. The number of carbonyl (C=O) groups excluding carboxylic acids is 2. The molecule has 0 aromatic heterocycles. The number of amides is 1. The molecule has 0 aliphatic carbocycles. The molecule has 1 aromatic rings. The van der Waals surface area contributed by atoms with E-state index in [9.17, 15) is 9.59 Å². The molecule has 0 bridgehead atoms. The van der Waals surface area contributed by atoms with Crippen molar-refractivity contribution in [2.75, 3.05) is 13.7 Å². The van der Waals surface area contributed by atoms with Gasteiger partial charge in [-0.3, -0.25) is 4.79 Å². The molecule has 30 heavy (non-hydrogen) atoms. The van der Waals surface area contributed by atoms with E-state index < -0.39 is 11.7 Å². The normalized spacial score (nSPS) is 11.1. The van der Waals surface area contributed by atoms with Crippen LogP contribution in [0.25, 0.3) is 4.91 Å². The smallest absolute Gasteiger partial charge is 0.407 e. The number of hydrogen-bond acceptors (Lipinski definition) is 5. The van der Waals surface area contributed by atoms with Gasteiger partial charge in [0.05, 0.1) is 7.11 Å². The third-order valence-electron chi connectivity index (χ3n) is 3.79. The number of methoxy groups -OCH3 is 1. The van der Waals surface area contributed by atoms with Crippen LogP contribution in [0, 0.1) is 0 Å². The van der Waals surface area contributed by atoms with Gasteiger partial charge in [-0.25, -0.2) is 4.79 Å². The van der Waals surface area contributed by atoms with E-state index in [0.29, 0.717) is 25.8 Å². The van der Waals surface area contributed by atoms with Gasteiger partial charge in [0.15, 0.2) is 0 Å². The predicted molar refractivity (Wildman–Crippen MR) is 128 cm³/mol. The Labute approximate surface area is 186 Å². The van der Waals surface area contributed by atoms with Crippen molar-refractivity contribution >= 4 is 28.5 Å². The lowest BCUT2D eigenvalue weighted by molar-refractivity contribution is -0.118. The standard InChI is InChI=1S/C13H16OS.C11H21NO3/c1-5-10(2)15-11(3)12-8-6-7-9-13(12)14-4;1-5-9(13)7-6-8-12-10(14)15-11(2,3)4/h5-9H,3H2,1-2,4H3;5-8H2,1-4H3,(H,12,14)/b10-5-;. The number of alkyl carbamates (subject to hydrolysis) is 1. The van der Waals surface area contributed by atoms with Crippen LogP contribution in [-0.4, -0.2) is 31.1 Å². The second-order valence-corrected chi connectivity index (χ2v) is 8.89. The second kappa shape index (κ2) is 14.7. The average Bonchev–Trinajstić information content (AvgIpc) is 2.69. The minimum atomic E-state index is -0.469. The number of Topliss-reactive ketones (excluding diaryl/α,β-unsaturated/α-hetero) is 1. The molecule has 1 amide bonds. The summed E-state index contributed by atoms with van der Waals surface area (Å²) >= 11 is 1.67. The molecule has 168 valence electrons. The molecule has 0 radical (unpaired) electrons. The van der Waals surface area contributed by atoms with E-state index in [1.165, 1.54) is 4.91 Å². The molecule has 0 atom stereocenters. The maximum Gasteiger partial charge on any atom is 0.407 e. The number of ketones is 1. The SMILES string of the molecule is C=C(S/C(C)=C\C)c1ccccc1OC.CCC(=O)CCCNC(=O)OC(C)(C)C. The molecule has 1 N–H and O–H groups in total. The van der Waals surface area contributed by atoms with E-state index >= 15 is 0 Å². The fraction of sp³-hybridized carbons (Fsp3) is 0.500. The number of benzene rings is 1. The minimum absolute atomic E-state index is 0.223. The van der Waals surface area contributed by atoms with Gasteiger partial charge in [-0.2, -0.15) is 0 Å². The van der Waals surface area contributed by atoms with Crippen LogP contribution in [0.2, 0.25) is 0 Å². The molecule has 0 saturated carbocycles. The van der Waals surface area contributed by atoms with Crippen LogP contribution >= 0.6 is 11.8 Å². The van der Waals surface area contributed by atoms with Gasteiger partial charge in [0.25, 0.3) is 0 Å². The van der Waals surface area contributed by atoms with Gasteiger partial charge in [-0.1, -0.05) is 49.5 Å². The van der Waals surface area contributed by atoms with Crippen LogP contribution in [0.5, 0.6) is 5.75 Å². The quantitative estimate of drug-likeness (QED) is 0.443. The Morgan fingerprint density at radius 3 is 2.40 bits per heavy atom. The number of para-hydroxylation sites is 1. The number of carbonyl (C=O) groups is 2. The Balaban J connectivity index is 0.000000561. The van der Waals surface area contributed by atoms with Gasteiger partial charge in [0.2, 0.25) is 0 Å². The van der Waals surface area contributed by atoms with Gasteiger partial charge < -0.3 is 14.8 Å². The van der Waals surface area contributed by atoms with Crippen molar-refractivity contribution in [1.29, 1.82) is 0 Å². The third-order valence-corrected chi connectivity index (χ3v) is 4.82. The Morgan fingerprint density at radius 2 is 1.87 bits per heavy atom. The second-order valence-electron chi connectivity index (χ2n) is 7.55. The van der Waals surface area contributed by atoms with Gasteiger partial charge in [-0.05, 0) is 52.0 Å². The Kier molecular flexibility index (Phi) is 13.6. The molecule has 1 aromatic carbocycles. The first-order valence-electron chi connectivity index (χ1n) is 10.2. The highest BCUT2D eigenvalue weighted by atomic mass is 32.2. The number of rotatable bonds is 9. The van der Waals surface area contributed by atoms with Crippen molar-refractivity contribution in [3.63, 3.8) is 0 Å². The number of allylic oxidation sites excluding steroid dienone is 2. The fourth-order valence-corrected chi connectivity index (χ4v) is 2.94. The Morgan fingerprint density at radius 1 is 1.23 bits per heavy atom. The van der Waals surface area contributed by atoms with Crippen LogP contribution in [0.1, 0.15) is 66.4 Å². The van der Waals surface area contributed by atoms with Crippen LogP contribution in [0.3, 0.4) is 0 Å². The van der Waals surface area contributed by atoms with Crippen molar-refractivity contribution in [1.82, 2.24) is 5.32 Å². The Hall–Kier alpha value is -2.21. The molecule has 0 heterocycles. The number of thioether (sulfide) groups is 1. The largest absolute Gasteiger partial charge is 0.496 e. The summed E-state index contributed by atoms with van der Waals surface area (Å²) in [6, 6.07) is 7.93. The van der Waals surface area contributed by atoms with Gasteiger partial charge >= 0.3 is 6.09 Å². The molecule has 0 spiro atoms. The first-order valence-corrected chi connectivity index (χ1v) is 11.0. The topological polar surface area (TPSA) is 64.6 Å². The van der Waals surface area contributed by atoms with E-state index in [1.54, 1.807) is 18.9 Å². The van der Waals surface area contributed by atoms with E-state index in [0.717, 1.165) is 16.2 Å². The average molecular weight is 436 g/mol. The van der Waals surface area contributed by atoms with E-state index in [2.05, 4.69) is 24.9 Å². The summed E-state index contributed by atoms with van der Waals surface area (Å²) in [5, 5.41) is 2.61. The third kappa shape index (κ3) is 13.1. The van der Waals surface area contributed by atoms with Gasteiger partial charge in [0, 0.05) is 29.9 Å².